The number of hydrogen-bond donors (Lipinski definition) is 0. The number of hydrogen-bond acceptors (Lipinski definition) is 4. The monoisotopic (exact) mass is 684 g/mol. The van der Waals surface area contributed by atoms with E-state index in [0.29, 0.717) is 13.2 Å². The van der Waals surface area contributed by atoms with Gasteiger partial charge in [0.05, 0.1) is 24.4 Å². The molecule has 0 bridgehead atoms. The first kappa shape index (κ1) is 37.3. The Morgan fingerprint density at radius 1 is 0.714 bits per heavy atom. The minimum absolute atomic E-state index is 0.102. The number of benzene rings is 2. The highest BCUT2D eigenvalue weighted by atomic mass is 79.9. The molecule has 2 aromatic rings. The van der Waals surface area contributed by atoms with E-state index >= 15 is 0 Å². The molecule has 1 aliphatic heterocycles. The molecule has 3 rings (SSSR count). The zero-order chi connectivity index (χ0) is 32.5. The molecule has 0 aliphatic carbocycles. The van der Waals surface area contributed by atoms with Crippen LogP contribution in [-0.4, -0.2) is 35.0 Å². The van der Waals surface area contributed by atoms with Crippen LogP contribution in [0.4, 0.5) is 8.78 Å². The van der Waals surface area contributed by atoms with Crippen LogP contribution in [0.5, 0.6) is 0 Å². The molecule has 0 N–H and O–H groups in total. The molecule has 0 atom stereocenters. The van der Waals surface area contributed by atoms with Gasteiger partial charge in [0, 0.05) is 4.47 Å². The van der Waals surface area contributed by atoms with Gasteiger partial charge in [0.25, 0.3) is 0 Å². The average molecular weight is 686 g/mol. The molecule has 2 aromatic carbocycles. The molecule has 1 aliphatic rings. The Labute approximate surface area is 264 Å². The van der Waals surface area contributed by atoms with E-state index in [1.165, 1.54) is 24.3 Å². The van der Waals surface area contributed by atoms with E-state index < -0.39 is 35.0 Å². The Bertz CT molecular complexity index is 1210. The lowest BCUT2D eigenvalue weighted by atomic mass is 9.76. The molecule has 1 fully saturated rings. The second-order valence-corrected chi connectivity index (χ2v) is 25.7. The van der Waals surface area contributed by atoms with Crippen molar-refractivity contribution >= 4 is 45.1 Å². The maximum atomic E-state index is 13.9. The zero-order valence-electron chi connectivity index (χ0n) is 28.2. The van der Waals surface area contributed by atoms with Gasteiger partial charge in [-0.1, -0.05) is 63.5 Å². The summed E-state index contributed by atoms with van der Waals surface area (Å²) in [6.45, 7) is 30.8. The Morgan fingerprint density at radius 3 is 1.52 bits per heavy atom. The Balaban J connectivity index is 0.000000317. The fourth-order valence-corrected chi connectivity index (χ4v) is 5.76. The Hall–Kier alpha value is -0.881. The Morgan fingerprint density at radius 2 is 1.10 bits per heavy atom. The van der Waals surface area contributed by atoms with Crippen molar-refractivity contribution in [2.45, 2.75) is 130 Å². The summed E-state index contributed by atoms with van der Waals surface area (Å²) in [5.41, 5.74) is 1.66. The van der Waals surface area contributed by atoms with Gasteiger partial charge in [-0.05, 0) is 111 Å². The van der Waals surface area contributed by atoms with Crippen LogP contribution in [0, 0.1) is 11.6 Å². The van der Waals surface area contributed by atoms with Gasteiger partial charge in [0.2, 0.25) is 0 Å². The summed E-state index contributed by atoms with van der Waals surface area (Å²) >= 11 is 3.42. The standard InChI is InChI=1S/C19H32BFO3Si.C13H20BrFOSi/c1-17(2,3)25(8,9)22-13-14-12-15(21)10-11-16(14)20-23-18(4,5)19(6,7)24-20;1-13(2,3)17(4,5)16-9-10-8-11(15)6-7-12(10)14/h10-12H,13H2,1-9H3;6-8H,9H2,1-5H3. The second kappa shape index (κ2) is 13.2. The molecule has 0 spiro atoms. The lowest BCUT2D eigenvalue weighted by Crippen LogP contribution is -2.42. The maximum Gasteiger partial charge on any atom is 0.495 e. The minimum Gasteiger partial charge on any atom is -0.413 e. The van der Waals surface area contributed by atoms with E-state index in [4.69, 9.17) is 18.2 Å². The van der Waals surface area contributed by atoms with E-state index in [1.807, 2.05) is 27.7 Å². The lowest BCUT2D eigenvalue weighted by molar-refractivity contribution is 0.00578. The van der Waals surface area contributed by atoms with Crippen LogP contribution in [0.3, 0.4) is 0 Å². The van der Waals surface area contributed by atoms with Gasteiger partial charge in [-0.2, -0.15) is 0 Å². The fraction of sp³-hybridized carbons (Fsp3) is 0.625. The summed E-state index contributed by atoms with van der Waals surface area (Å²) in [7, 11) is -4.21. The average Bonchev–Trinajstić information content (AvgIpc) is 3.04. The zero-order valence-corrected chi connectivity index (χ0v) is 31.8. The first-order valence-electron chi connectivity index (χ1n) is 14.7. The predicted molar refractivity (Wildman–Crippen MR) is 180 cm³/mol. The quantitative estimate of drug-likeness (QED) is 0.272. The molecular formula is C32H52BBrF2O4Si2. The molecule has 4 nitrogen and oxygen atoms in total. The Kier molecular flexibility index (Phi) is 11.8. The second-order valence-electron chi connectivity index (χ2n) is 15.3. The van der Waals surface area contributed by atoms with E-state index in [1.54, 1.807) is 12.1 Å². The van der Waals surface area contributed by atoms with Crippen LogP contribution in [0.2, 0.25) is 36.3 Å². The van der Waals surface area contributed by atoms with Crippen molar-refractivity contribution < 1.29 is 26.9 Å². The molecule has 42 heavy (non-hydrogen) atoms. The van der Waals surface area contributed by atoms with Crippen LogP contribution in [-0.2, 0) is 31.4 Å². The summed E-state index contributed by atoms with van der Waals surface area (Å²) in [6, 6.07) is 9.43. The molecule has 0 amide bonds. The van der Waals surface area contributed by atoms with Gasteiger partial charge >= 0.3 is 7.12 Å². The van der Waals surface area contributed by atoms with Crippen LogP contribution < -0.4 is 5.46 Å². The summed E-state index contributed by atoms with van der Waals surface area (Å²) < 4.78 is 52.5. The largest absolute Gasteiger partial charge is 0.495 e. The fourth-order valence-electron chi connectivity index (χ4n) is 3.50. The highest BCUT2D eigenvalue weighted by Gasteiger charge is 2.52. The van der Waals surface area contributed by atoms with Gasteiger partial charge in [0.15, 0.2) is 16.6 Å². The lowest BCUT2D eigenvalue weighted by Gasteiger charge is -2.36. The first-order chi connectivity index (χ1) is 18.8. The van der Waals surface area contributed by atoms with E-state index in [-0.39, 0.29) is 21.7 Å². The van der Waals surface area contributed by atoms with Crippen LogP contribution in [0.1, 0.15) is 80.4 Å². The van der Waals surface area contributed by atoms with Crippen molar-refractivity contribution in [2.24, 2.45) is 0 Å². The minimum atomic E-state index is -1.93. The first-order valence-corrected chi connectivity index (χ1v) is 21.3. The summed E-state index contributed by atoms with van der Waals surface area (Å²) in [4.78, 5) is 0. The van der Waals surface area contributed by atoms with Gasteiger partial charge < -0.3 is 18.2 Å². The third-order valence-electron chi connectivity index (χ3n) is 9.41. The molecule has 10 heteroatoms. The summed E-state index contributed by atoms with van der Waals surface area (Å²) in [5, 5.41) is 0.275. The topological polar surface area (TPSA) is 36.9 Å². The molecule has 0 aromatic heterocycles. The van der Waals surface area contributed by atoms with E-state index in [9.17, 15) is 8.78 Å². The summed E-state index contributed by atoms with van der Waals surface area (Å²) in [6.07, 6.45) is 0. The molecule has 236 valence electrons. The van der Waals surface area contributed by atoms with Gasteiger partial charge in [-0.15, -0.1) is 0 Å². The summed E-state index contributed by atoms with van der Waals surface area (Å²) in [5.74, 6) is -0.490. The molecular weight excluding hydrogens is 633 g/mol. The maximum absolute atomic E-state index is 13.9. The van der Waals surface area contributed by atoms with Crippen molar-refractivity contribution in [2.75, 3.05) is 0 Å². The molecule has 1 saturated heterocycles. The highest BCUT2D eigenvalue weighted by Crippen LogP contribution is 2.39. The third kappa shape index (κ3) is 9.31. The van der Waals surface area contributed by atoms with E-state index in [2.05, 4.69) is 83.7 Å². The number of rotatable bonds is 7. The van der Waals surface area contributed by atoms with Gasteiger partial charge in [-0.3, -0.25) is 0 Å². The van der Waals surface area contributed by atoms with Crippen molar-refractivity contribution in [3.8, 4) is 0 Å². The van der Waals surface area contributed by atoms with Crippen molar-refractivity contribution in [1.82, 2.24) is 0 Å². The highest BCUT2D eigenvalue weighted by molar-refractivity contribution is 9.10. The van der Waals surface area contributed by atoms with Crippen molar-refractivity contribution in [3.05, 3.63) is 63.6 Å². The molecule has 1 heterocycles. The third-order valence-corrected chi connectivity index (χ3v) is 19.1. The van der Waals surface area contributed by atoms with Gasteiger partial charge in [0.1, 0.15) is 11.6 Å². The van der Waals surface area contributed by atoms with E-state index in [0.717, 1.165) is 21.1 Å². The van der Waals surface area contributed by atoms with Gasteiger partial charge in [-0.25, -0.2) is 8.78 Å². The SMILES string of the molecule is CC(C)(C)[Si](C)(C)OCc1cc(F)ccc1Br.CC1(C)OB(c2ccc(F)cc2CO[Si](C)(C)C(C)(C)C)OC1(C)C. The molecule has 0 saturated carbocycles. The molecule has 0 radical (unpaired) electrons. The molecule has 0 unspecified atom stereocenters. The van der Waals surface area contributed by atoms with Crippen LogP contribution in [0.15, 0.2) is 40.9 Å². The smallest absolute Gasteiger partial charge is 0.413 e. The normalized spacial score (nSPS) is 17.2. The predicted octanol–water partition coefficient (Wildman–Crippen LogP) is 9.76. The van der Waals surface area contributed by atoms with Crippen molar-refractivity contribution in [3.63, 3.8) is 0 Å². The van der Waals surface area contributed by atoms with Crippen molar-refractivity contribution in [1.29, 1.82) is 0 Å². The van der Waals surface area contributed by atoms with Crippen LogP contribution in [0.25, 0.3) is 0 Å². The van der Waals surface area contributed by atoms with Crippen LogP contribution >= 0.6 is 15.9 Å². The number of halogens is 3.